The maximum Gasteiger partial charge on any atom is 0.147 e. The number of carbonyl (C=O) groups is 1. The van der Waals surface area contributed by atoms with Crippen LogP contribution in [0.15, 0.2) is 15.7 Å². The van der Waals surface area contributed by atoms with Crippen molar-refractivity contribution in [3.05, 3.63) is 10.6 Å². The fourth-order valence-corrected chi connectivity index (χ4v) is 0.880. The van der Waals surface area contributed by atoms with Crippen molar-refractivity contribution in [2.24, 2.45) is 5.10 Å². The van der Waals surface area contributed by atoms with Gasteiger partial charge in [0, 0.05) is 12.6 Å². The Kier molecular flexibility index (Phi) is 6.99. The number of hydrogen-bond donors (Lipinski definition) is 0. The van der Waals surface area contributed by atoms with Gasteiger partial charge >= 0.3 is 0 Å². The Hall–Kier alpha value is 0.330. The van der Waals surface area contributed by atoms with Gasteiger partial charge < -0.3 is 0 Å². The summed E-state index contributed by atoms with van der Waals surface area (Å²) in [6, 6.07) is 0. The van der Waals surface area contributed by atoms with Crippen molar-refractivity contribution >= 4 is 52.5 Å². The van der Waals surface area contributed by atoms with Crippen LogP contribution in [0, 0.1) is 0 Å². The normalized spacial score (nSPS) is 14.0. The van der Waals surface area contributed by atoms with Crippen LogP contribution in [0.1, 0.15) is 6.92 Å². The van der Waals surface area contributed by atoms with Gasteiger partial charge in [-0.15, -0.1) is 0 Å². The second-order valence-corrected chi connectivity index (χ2v) is 4.67. The van der Waals surface area contributed by atoms with E-state index in [0.717, 1.165) is 0 Å². The molecule has 6 heteroatoms. The van der Waals surface area contributed by atoms with Crippen LogP contribution in [0.2, 0.25) is 0 Å². The predicted molar refractivity (Wildman–Crippen MR) is 63.2 cm³/mol. The van der Waals surface area contributed by atoms with E-state index in [1.807, 2.05) is 7.05 Å². The zero-order chi connectivity index (χ0) is 9.56. The monoisotopic (exact) mass is 318 g/mol. The van der Waals surface area contributed by atoms with E-state index in [1.54, 1.807) is 11.7 Å². The molecule has 0 saturated heterocycles. The lowest BCUT2D eigenvalue weighted by atomic mass is 10.3. The summed E-state index contributed by atoms with van der Waals surface area (Å²) in [6.45, 7) is 1.65. The van der Waals surface area contributed by atoms with Crippen molar-refractivity contribution < 1.29 is 4.79 Å². The molecular weight excluding hydrogens is 309 g/mol. The summed E-state index contributed by atoms with van der Waals surface area (Å²) in [5, 5.41) is 4.36. The number of allylic oxidation sites excluding steroid dienone is 2. The van der Waals surface area contributed by atoms with Gasteiger partial charge in [-0.2, -0.15) is 5.10 Å². The first-order valence-electron chi connectivity index (χ1n) is 3.07. The highest BCUT2D eigenvalue weighted by atomic mass is 127. The molecule has 0 saturated carbocycles. The quantitative estimate of drug-likeness (QED) is 0.199. The van der Waals surface area contributed by atoms with Crippen LogP contribution in [0.25, 0.3) is 0 Å². The van der Waals surface area contributed by atoms with Gasteiger partial charge in [0.15, 0.2) is 0 Å². The number of hydrogen-bond acceptors (Lipinski definition) is 3. The maximum absolute atomic E-state index is 10.2. The molecule has 0 aromatic heterocycles. The molecule has 1 atom stereocenters. The van der Waals surface area contributed by atoms with Gasteiger partial charge in [0.1, 0.15) is 6.29 Å². The first-order valence-corrected chi connectivity index (χ1v) is 7.51. The molecule has 0 aromatic carbocycles. The predicted octanol–water partition coefficient (Wildman–Crippen LogP) is 2.56. The summed E-state index contributed by atoms with van der Waals surface area (Å²) < 4.78 is 1.74. The van der Waals surface area contributed by atoms with E-state index in [1.165, 1.54) is 6.21 Å². The van der Waals surface area contributed by atoms with Gasteiger partial charge in [0.05, 0.1) is 17.6 Å². The van der Waals surface area contributed by atoms with Crippen LogP contribution in [-0.2, 0) is 4.79 Å². The smallest absolute Gasteiger partial charge is 0.147 e. The summed E-state index contributed by atoms with van der Waals surface area (Å²) in [7, 11) is 1.84. The molecule has 0 bridgehead atoms. The molecule has 0 heterocycles. The van der Waals surface area contributed by atoms with Crippen molar-refractivity contribution in [1.82, 2.24) is 4.78 Å². The minimum Gasteiger partial charge on any atom is -0.298 e. The molecule has 0 radical (unpaired) electrons. The lowest BCUT2D eigenvalue weighted by molar-refractivity contribution is -0.104. The third-order valence-electron chi connectivity index (χ3n) is 1.02. The Morgan fingerprint density at radius 2 is 2.33 bits per heavy atom. The number of nitrogens with zero attached hydrogens (tertiary/aromatic N) is 2. The maximum atomic E-state index is 10.2. The molecule has 0 N–H and O–H groups in total. The molecule has 1 unspecified atom stereocenters. The first kappa shape index (κ1) is 12.3. The van der Waals surface area contributed by atoms with E-state index in [2.05, 4.69) is 27.1 Å². The molecule has 0 fully saturated rings. The lowest BCUT2D eigenvalue weighted by Gasteiger charge is -2.05. The Balaban J connectivity index is 4.25. The Labute approximate surface area is 91.5 Å². The standard InChI is InChI=1S/C6H9ClIN2OP/c1-5(4-11)6(7)3-9-10(2)12-8/h3-4,12H,1-2H3/b6-5+,9-3-. The van der Waals surface area contributed by atoms with Crippen molar-refractivity contribution in [1.29, 1.82) is 0 Å². The largest absolute Gasteiger partial charge is 0.298 e. The van der Waals surface area contributed by atoms with Crippen LogP contribution in [-0.4, -0.2) is 24.3 Å². The molecule has 0 aliphatic rings. The highest BCUT2D eigenvalue weighted by Crippen LogP contribution is 2.24. The Morgan fingerprint density at radius 3 is 2.75 bits per heavy atom. The summed E-state index contributed by atoms with van der Waals surface area (Å²) in [4.78, 5) is 10.2. The van der Waals surface area contributed by atoms with Crippen molar-refractivity contribution in [2.75, 3.05) is 7.05 Å². The van der Waals surface area contributed by atoms with E-state index in [9.17, 15) is 4.79 Å². The molecule has 12 heavy (non-hydrogen) atoms. The average molecular weight is 318 g/mol. The minimum atomic E-state index is 0.381. The fraction of sp³-hybridized carbons (Fsp3) is 0.333. The Bertz CT molecular complexity index is 220. The van der Waals surface area contributed by atoms with Crippen LogP contribution in [0.4, 0.5) is 0 Å². The van der Waals surface area contributed by atoms with Crippen LogP contribution < -0.4 is 0 Å². The van der Waals surface area contributed by atoms with E-state index in [4.69, 9.17) is 11.6 Å². The number of carbonyl (C=O) groups excluding carboxylic acids is 1. The fourth-order valence-electron chi connectivity index (χ4n) is 0.317. The zero-order valence-corrected chi connectivity index (χ0v) is 10.6. The topological polar surface area (TPSA) is 32.7 Å². The molecule has 0 rings (SSSR count). The van der Waals surface area contributed by atoms with Gasteiger partial charge in [-0.1, -0.05) is 11.6 Å². The number of aldehydes is 1. The molecule has 0 aliphatic carbocycles. The number of rotatable bonds is 4. The summed E-state index contributed by atoms with van der Waals surface area (Å²) >= 11 is 7.90. The summed E-state index contributed by atoms with van der Waals surface area (Å²) in [5.74, 6) is 0. The molecule has 0 aromatic rings. The summed E-state index contributed by atoms with van der Waals surface area (Å²) in [6.07, 6.45) is 2.74. The molecule has 68 valence electrons. The SMILES string of the molecule is C/C(C=O)=C(Cl)/C=N\N(C)PI. The average Bonchev–Trinajstić information content (AvgIpc) is 2.11. The number of halogens is 2. The van der Waals surface area contributed by atoms with Gasteiger partial charge in [-0.25, -0.2) is 0 Å². The third-order valence-corrected chi connectivity index (χ3v) is 3.87. The minimum absolute atomic E-state index is 0.381. The van der Waals surface area contributed by atoms with Gasteiger partial charge in [-0.3, -0.25) is 9.57 Å². The van der Waals surface area contributed by atoms with E-state index in [-0.39, 0.29) is 0 Å². The second kappa shape index (κ2) is 6.80. The first-order chi connectivity index (χ1) is 5.61. The van der Waals surface area contributed by atoms with Crippen molar-refractivity contribution in [2.45, 2.75) is 6.92 Å². The van der Waals surface area contributed by atoms with E-state index in [0.29, 0.717) is 23.3 Å². The van der Waals surface area contributed by atoms with E-state index < -0.39 is 0 Å². The molecule has 0 spiro atoms. The number of hydrazone groups is 1. The molecular formula is C6H9ClIN2OP. The van der Waals surface area contributed by atoms with Crippen LogP contribution in [0.5, 0.6) is 0 Å². The lowest BCUT2D eigenvalue weighted by Crippen LogP contribution is -1.95. The van der Waals surface area contributed by atoms with Crippen molar-refractivity contribution in [3.8, 4) is 0 Å². The molecule has 0 amide bonds. The highest BCUT2D eigenvalue weighted by Gasteiger charge is 1.94. The van der Waals surface area contributed by atoms with Gasteiger partial charge in [-0.05, 0) is 29.0 Å². The molecule has 0 aliphatic heterocycles. The molecule has 3 nitrogen and oxygen atoms in total. The highest BCUT2D eigenvalue weighted by molar-refractivity contribution is 14.2. The van der Waals surface area contributed by atoms with Gasteiger partial charge in [0.2, 0.25) is 0 Å². The third kappa shape index (κ3) is 5.06. The second-order valence-electron chi connectivity index (χ2n) is 2.00. The van der Waals surface area contributed by atoms with Gasteiger partial charge in [0.25, 0.3) is 0 Å². The van der Waals surface area contributed by atoms with Crippen LogP contribution >= 0.6 is 40.0 Å². The van der Waals surface area contributed by atoms with Crippen LogP contribution in [0.3, 0.4) is 0 Å². The zero-order valence-electron chi connectivity index (χ0n) is 6.71. The van der Waals surface area contributed by atoms with Crippen molar-refractivity contribution in [3.63, 3.8) is 0 Å². The summed E-state index contributed by atoms with van der Waals surface area (Å²) in [5.41, 5.74) is 0.491. The van der Waals surface area contributed by atoms with E-state index >= 15 is 0 Å². The Morgan fingerprint density at radius 1 is 1.75 bits per heavy atom.